The summed E-state index contributed by atoms with van der Waals surface area (Å²) < 4.78 is 134. The maximum atomic E-state index is 14.9. The van der Waals surface area contributed by atoms with Crippen LogP contribution in [0, 0.1) is 6.07 Å². The van der Waals surface area contributed by atoms with Crippen LogP contribution in [0.3, 0.4) is 0 Å². The molecule has 0 nitrogen and oxygen atoms in total. The van der Waals surface area contributed by atoms with E-state index in [1.54, 1.807) is 0 Å². The Hall–Kier alpha value is -2.26. The predicted molar refractivity (Wildman–Crippen MR) is 89.4 cm³/mol. The number of rotatable bonds is 4. The minimum Gasteiger partial charge on any atom is -0.218 e. The van der Waals surface area contributed by atoms with Gasteiger partial charge in [-0.1, -0.05) is 32.0 Å². The monoisotopic (exact) mass is 445 g/mol. The molecule has 0 unspecified atom stereocenters. The normalized spacial score (nSPS) is 13.6. The second-order valence-corrected chi connectivity index (χ2v) is 6.50. The SMILES string of the molecule is CCc1[c]c(CC)c(-c2ccc(C(F)(F)F)cc2)c(C(F)(C(F)(F)F)C(F)(F)F)c1. The fourth-order valence-corrected chi connectivity index (χ4v) is 3.05. The predicted octanol–water partition coefficient (Wildman–Crippen LogP) is 7.59. The van der Waals surface area contributed by atoms with Gasteiger partial charge in [-0.15, -0.1) is 0 Å². The smallest absolute Gasteiger partial charge is 0.218 e. The molecule has 30 heavy (non-hydrogen) atoms. The van der Waals surface area contributed by atoms with Crippen molar-refractivity contribution in [2.45, 2.75) is 50.9 Å². The topological polar surface area (TPSA) is 0 Å². The van der Waals surface area contributed by atoms with Crippen LogP contribution in [0.1, 0.15) is 36.1 Å². The maximum absolute atomic E-state index is 14.9. The van der Waals surface area contributed by atoms with E-state index in [-0.39, 0.29) is 24.0 Å². The molecule has 0 N–H and O–H groups in total. The molecule has 0 bridgehead atoms. The van der Waals surface area contributed by atoms with Crippen LogP contribution in [0.4, 0.5) is 43.9 Å². The Morgan fingerprint density at radius 2 is 1.23 bits per heavy atom. The number of benzene rings is 2. The van der Waals surface area contributed by atoms with Crippen LogP contribution in [0.15, 0.2) is 30.3 Å². The Labute approximate surface area is 165 Å². The van der Waals surface area contributed by atoms with Gasteiger partial charge in [0, 0.05) is 5.56 Å². The molecular weight excluding hydrogens is 430 g/mol. The number of halogens is 10. The molecule has 0 aliphatic heterocycles. The molecule has 0 saturated carbocycles. The van der Waals surface area contributed by atoms with Crippen molar-refractivity contribution in [3.63, 3.8) is 0 Å². The summed E-state index contributed by atoms with van der Waals surface area (Å²) >= 11 is 0. The van der Waals surface area contributed by atoms with Crippen LogP contribution in [0.25, 0.3) is 11.1 Å². The summed E-state index contributed by atoms with van der Waals surface area (Å²) in [5.74, 6) is 0. The molecule has 2 rings (SSSR count). The van der Waals surface area contributed by atoms with Crippen LogP contribution < -0.4 is 0 Å². The summed E-state index contributed by atoms with van der Waals surface area (Å²) in [5.41, 5.74) is -10.0. The molecule has 0 amide bonds. The van der Waals surface area contributed by atoms with E-state index in [9.17, 15) is 43.9 Å². The van der Waals surface area contributed by atoms with Crippen LogP contribution in [-0.2, 0) is 24.7 Å². The van der Waals surface area contributed by atoms with E-state index in [1.165, 1.54) is 13.8 Å². The molecule has 10 heteroatoms. The Kier molecular flexibility index (Phi) is 6.22. The minimum atomic E-state index is -6.36. The van der Waals surface area contributed by atoms with Gasteiger partial charge < -0.3 is 0 Å². The van der Waals surface area contributed by atoms with Crippen molar-refractivity contribution in [1.82, 2.24) is 0 Å². The molecule has 0 saturated heterocycles. The molecule has 0 aliphatic carbocycles. The molecule has 0 aliphatic rings. The van der Waals surface area contributed by atoms with Crippen molar-refractivity contribution in [2.75, 3.05) is 0 Å². The average molecular weight is 445 g/mol. The summed E-state index contributed by atoms with van der Waals surface area (Å²) in [6, 6.07) is 5.52. The highest BCUT2D eigenvalue weighted by atomic mass is 19.4. The molecule has 0 atom stereocenters. The quantitative estimate of drug-likeness (QED) is 0.426. The minimum absolute atomic E-state index is 0.0287. The second-order valence-electron chi connectivity index (χ2n) is 6.50. The van der Waals surface area contributed by atoms with E-state index < -0.39 is 46.5 Å². The van der Waals surface area contributed by atoms with E-state index >= 15 is 0 Å². The van der Waals surface area contributed by atoms with Crippen molar-refractivity contribution in [1.29, 1.82) is 0 Å². The third kappa shape index (κ3) is 4.13. The van der Waals surface area contributed by atoms with Crippen LogP contribution >= 0.6 is 0 Å². The molecule has 2 aromatic rings. The summed E-state index contributed by atoms with van der Waals surface area (Å²) in [5, 5.41) is 0. The Balaban J connectivity index is 2.93. The van der Waals surface area contributed by atoms with Gasteiger partial charge in [-0.05, 0) is 53.3 Å². The standard InChI is InChI=1S/C20H15F10/c1-3-11-9-12(4-2)16(13-5-7-14(8-6-13)18(22,23)24)15(10-11)17(21,19(25,26)27)20(28,29)30/h5-8,10H,3-4H2,1-2H3. The number of aryl methyl sites for hydroxylation is 2. The highest BCUT2D eigenvalue weighted by molar-refractivity contribution is 5.73. The summed E-state index contributed by atoms with van der Waals surface area (Å²) in [7, 11) is 0. The molecule has 2 aromatic carbocycles. The van der Waals surface area contributed by atoms with Gasteiger partial charge >= 0.3 is 24.2 Å². The van der Waals surface area contributed by atoms with E-state index in [0.29, 0.717) is 30.3 Å². The first kappa shape index (κ1) is 24.0. The van der Waals surface area contributed by atoms with Crippen molar-refractivity contribution >= 4 is 0 Å². The van der Waals surface area contributed by atoms with Crippen molar-refractivity contribution in [3.05, 3.63) is 58.7 Å². The van der Waals surface area contributed by atoms with Gasteiger partial charge in [-0.25, -0.2) is 4.39 Å². The maximum Gasteiger partial charge on any atom is 0.435 e. The Morgan fingerprint density at radius 3 is 1.60 bits per heavy atom. The zero-order chi connectivity index (χ0) is 23.1. The molecule has 165 valence electrons. The van der Waals surface area contributed by atoms with Gasteiger partial charge in [0.15, 0.2) is 0 Å². The van der Waals surface area contributed by atoms with Gasteiger partial charge in [0.05, 0.1) is 5.56 Å². The molecule has 0 heterocycles. The third-order valence-electron chi connectivity index (χ3n) is 4.59. The fourth-order valence-electron chi connectivity index (χ4n) is 3.05. The van der Waals surface area contributed by atoms with Crippen LogP contribution in [0.5, 0.6) is 0 Å². The summed E-state index contributed by atoms with van der Waals surface area (Å²) in [6.45, 7) is 2.84. The van der Waals surface area contributed by atoms with Gasteiger partial charge in [-0.3, -0.25) is 0 Å². The van der Waals surface area contributed by atoms with Gasteiger partial charge in [0.1, 0.15) is 0 Å². The highest BCUT2D eigenvalue weighted by Gasteiger charge is 2.74. The van der Waals surface area contributed by atoms with Crippen LogP contribution in [-0.4, -0.2) is 12.4 Å². The molecule has 0 spiro atoms. The van der Waals surface area contributed by atoms with E-state index in [0.717, 1.165) is 0 Å². The van der Waals surface area contributed by atoms with E-state index in [4.69, 9.17) is 0 Å². The van der Waals surface area contributed by atoms with Gasteiger partial charge in [0.2, 0.25) is 0 Å². The first-order valence-corrected chi connectivity index (χ1v) is 8.66. The summed E-state index contributed by atoms with van der Waals surface area (Å²) in [6.07, 6.45) is -17.6. The van der Waals surface area contributed by atoms with Crippen molar-refractivity contribution < 1.29 is 43.9 Å². The average Bonchev–Trinajstić information content (AvgIpc) is 2.63. The van der Waals surface area contributed by atoms with Crippen molar-refractivity contribution in [3.8, 4) is 11.1 Å². The lowest BCUT2D eigenvalue weighted by Gasteiger charge is -2.33. The third-order valence-corrected chi connectivity index (χ3v) is 4.59. The van der Waals surface area contributed by atoms with Gasteiger partial charge in [0.25, 0.3) is 0 Å². The van der Waals surface area contributed by atoms with E-state index in [2.05, 4.69) is 6.07 Å². The second kappa shape index (κ2) is 7.77. The zero-order valence-electron chi connectivity index (χ0n) is 15.6. The lowest BCUT2D eigenvalue weighted by Crippen LogP contribution is -2.50. The lowest BCUT2D eigenvalue weighted by atomic mass is 9.82. The van der Waals surface area contributed by atoms with Crippen LogP contribution in [0.2, 0.25) is 0 Å². The fraction of sp³-hybridized carbons (Fsp3) is 0.400. The molecule has 1 radical (unpaired) electrons. The zero-order valence-corrected chi connectivity index (χ0v) is 15.6. The largest absolute Gasteiger partial charge is 0.435 e. The first-order valence-electron chi connectivity index (χ1n) is 8.66. The van der Waals surface area contributed by atoms with E-state index in [1.807, 2.05) is 0 Å². The van der Waals surface area contributed by atoms with Gasteiger partial charge in [-0.2, -0.15) is 39.5 Å². The molecular formula is C20H15F10. The lowest BCUT2D eigenvalue weighted by molar-refractivity contribution is -0.348. The number of hydrogen-bond donors (Lipinski definition) is 0. The highest BCUT2D eigenvalue weighted by Crippen LogP contribution is 2.56. The van der Waals surface area contributed by atoms with Crippen molar-refractivity contribution in [2.24, 2.45) is 0 Å². The number of alkyl halides is 10. The first-order chi connectivity index (χ1) is 13.6. The number of hydrogen-bond acceptors (Lipinski definition) is 0. The Morgan fingerprint density at radius 1 is 0.733 bits per heavy atom. The molecule has 0 aromatic heterocycles. The molecule has 0 fully saturated rings. The summed E-state index contributed by atoms with van der Waals surface area (Å²) in [4.78, 5) is 0. The Bertz CT molecular complexity index is 872.